The van der Waals surface area contributed by atoms with E-state index in [0.29, 0.717) is 24.9 Å². The normalized spacial score (nSPS) is 23.6. The highest BCUT2D eigenvalue weighted by molar-refractivity contribution is 6.02. The van der Waals surface area contributed by atoms with Gasteiger partial charge in [-0.1, -0.05) is 6.07 Å². The summed E-state index contributed by atoms with van der Waals surface area (Å²) in [6, 6.07) is 5.02. The van der Waals surface area contributed by atoms with Crippen LogP contribution in [0.15, 0.2) is 18.2 Å². The van der Waals surface area contributed by atoms with Gasteiger partial charge < -0.3 is 20.3 Å². The number of nitrogens with one attached hydrogen (secondary N) is 2. The van der Waals surface area contributed by atoms with Gasteiger partial charge in [0.25, 0.3) is 5.91 Å². The summed E-state index contributed by atoms with van der Waals surface area (Å²) < 4.78 is 5.04. The molecule has 7 heteroatoms. The number of rotatable bonds is 3. The van der Waals surface area contributed by atoms with E-state index in [0.717, 1.165) is 11.3 Å². The molecule has 2 aliphatic rings. The Morgan fingerprint density at radius 2 is 2.08 bits per heavy atom. The Hall–Kier alpha value is -2.57. The van der Waals surface area contributed by atoms with E-state index in [4.69, 9.17) is 4.74 Å². The number of amides is 2. The Balaban J connectivity index is 1.80. The highest BCUT2D eigenvalue weighted by atomic mass is 16.5. The van der Waals surface area contributed by atoms with E-state index in [9.17, 15) is 14.4 Å². The molecule has 0 unspecified atom stereocenters. The van der Waals surface area contributed by atoms with Crippen molar-refractivity contribution in [2.75, 3.05) is 18.5 Å². The third-order valence-corrected chi connectivity index (χ3v) is 5.11. The van der Waals surface area contributed by atoms with E-state index >= 15 is 0 Å². The molecule has 2 N–H and O–H groups in total. The first-order valence-electron chi connectivity index (χ1n) is 9.03. The molecule has 0 saturated carbocycles. The molecule has 2 amide bonds. The quantitative estimate of drug-likeness (QED) is 0.804. The average Bonchev–Trinajstić information content (AvgIpc) is 2.74. The summed E-state index contributed by atoms with van der Waals surface area (Å²) in [6.07, 6.45) is 1.23. The number of hydrogen-bond acceptors (Lipinski definition) is 5. The predicted octanol–water partition coefficient (Wildman–Crippen LogP) is 1.81. The summed E-state index contributed by atoms with van der Waals surface area (Å²) in [6.45, 7) is 6.04. The van der Waals surface area contributed by atoms with Gasteiger partial charge in [0.1, 0.15) is 11.7 Å². The number of fused-ring (bicyclic) bond motifs is 1. The van der Waals surface area contributed by atoms with Crippen LogP contribution in [-0.4, -0.2) is 47.5 Å². The molecule has 0 aromatic heterocycles. The molecular formula is C19H25N3O4. The van der Waals surface area contributed by atoms with Crippen LogP contribution < -0.4 is 10.6 Å². The molecule has 0 aliphatic carbocycles. The Morgan fingerprint density at radius 3 is 2.81 bits per heavy atom. The number of likely N-dealkylation sites (tertiary alicyclic amines) is 1. The molecule has 0 bridgehead atoms. The molecule has 2 atom stereocenters. The standard InChI is InChI=1S/C19H25N3O4/c1-4-26-18(25)13(3)22-10-9-19(8-7-16(22)23)20-15-11-12(2)5-6-14(15)17(24)21-19/h5-6,11,13,20H,4,7-10H2,1-3H3,(H,21,24)/t13-,19-/m1/s1. The van der Waals surface area contributed by atoms with Crippen LogP contribution in [0.5, 0.6) is 0 Å². The monoisotopic (exact) mass is 359 g/mol. The second-order valence-electron chi connectivity index (χ2n) is 6.98. The second kappa shape index (κ2) is 6.97. The van der Waals surface area contributed by atoms with Crippen molar-refractivity contribution in [3.05, 3.63) is 29.3 Å². The van der Waals surface area contributed by atoms with Crippen LogP contribution in [0.1, 0.15) is 49.0 Å². The number of ether oxygens (including phenoxy) is 1. The SMILES string of the molecule is CCOC(=O)[C@@H](C)N1CC[C@@]2(CCC1=O)NC(=O)c1ccc(C)cc1N2. The molecule has 1 aromatic carbocycles. The minimum atomic E-state index is -0.684. The van der Waals surface area contributed by atoms with Crippen LogP contribution in [-0.2, 0) is 14.3 Å². The van der Waals surface area contributed by atoms with Crippen molar-refractivity contribution < 1.29 is 19.1 Å². The molecule has 1 spiro atoms. The van der Waals surface area contributed by atoms with Crippen molar-refractivity contribution in [2.45, 2.75) is 51.7 Å². The Labute approximate surface area is 153 Å². The average molecular weight is 359 g/mol. The van der Waals surface area contributed by atoms with Gasteiger partial charge in [0, 0.05) is 25.1 Å². The fourth-order valence-corrected chi connectivity index (χ4v) is 3.61. The van der Waals surface area contributed by atoms with Crippen molar-refractivity contribution in [1.29, 1.82) is 0 Å². The Kier molecular flexibility index (Phi) is 4.89. The zero-order valence-corrected chi connectivity index (χ0v) is 15.4. The number of esters is 1. The Morgan fingerprint density at radius 1 is 1.31 bits per heavy atom. The topological polar surface area (TPSA) is 87.7 Å². The fraction of sp³-hybridized carbons (Fsp3) is 0.526. The van der Waals surface area contributed by atoms with E-state index < -0.39 is 17.7 Å². The minimum absolute atomic E-state index is 0.103. The molecule has 0 radical (unpaired) electrons. The van der Waals surface area contributed by atoms with Crippen molar-refractivity contribution in [2.24, 2.45) is 0 Å². The molecule has 7 nitrogen and oxygen atoms in total. The van der Waals surface area contributed by atoms with E-state index in [1.807, 2.05) is 19.1 Å². The van der Waals surface area contributed by atoms with Gasteiger partial charge in [-0.05, 0) is 44.9 Å². The second-order valence-corrected chi connectivity index (χ2v) is 6.98. The molecule has 1 saturated heterocycles. The number of hydrogen-bond donors (Lipinski definition) is 2. The molecule has 26 heavy (non-hydrogen) atoms. The number of benzene rings is 1. The van der Waals surface area contributed by atoms with Crippen LogP contribution in [0.3, 0.4) is 0 Å². The first-order valence-corrected chi connectivity index (χ1v) is 9.03. The lowest BCUT2D eigenvalue weighted by Gasteiger charge is -2.40. The summed E-state index contributed by atoms with van der Waals surface area (Å²) in [5.74, 6) is -0.648. The Bertz CT molecular complexity index is 748. The molecule has 2 aliphatic heterocycles. The van der Waals surface area contributed by atoms with E-state index in [1.54, 1.807) is 24.8 Å². The lowest BCUT2D eigenvalue weighted by atomic mass is 9.94. The van der Waals surface area contributed by atoms with Gasteiger partial charge in [-0.25, -0.2) is 4.79 Å². The van der Waals surface area contributed by atoms with Crippen molar-refractivity contribution in [3.8, 4) is 0 Å². The third kappa shape index (κ3) is 3.38. The van der Waals surface area contributed by atoms with Gasteiger partial charge in [0.05, 0.1) is 12.2 Å². The maximum Gasteiger partial charge on any atom is 0.328 e. The van der Waals surface area contributed by atoms with Crippen LogP contribution in [0.4, 0.5) is 5.69 Å². The van der Waals surface area contributed by atoms with Gasteiger partial charge in [-0.3, -0.25) is 9.59 Å². The lowest BCUT2D eigenvalue weighted by Crippen LogP contribution is -2.58. The summed E-state index contributed by atoms with van der Waals surface area (Å²) in [5.41, 5.74) is 1.77. The number of aryl methyl sites for hydroxylation is 1. The third-order valence-electron chi connectivity index (χ3n) is 5.11. The van der Waals surface area contributed by atoms with Crippen LogP contribution in [0.25, 0.3) is 0 Å². The van der Waals surface area contributed by atoms with Gasteiger partial charge in [-0.2, -0.15) is 0 Å². The highest BCUT2D eigenvalue weighted by Gasteiger charge is 2.42. The van der Waals surface area contributed by atoms with E-state index in [2.05, 4.69) is 10.6 Å². The van der Waals surface area contributed by atoms with Gasteiger partial charge >= 0.3 is 5.97 Å². The first-order chi connectivity index (χ1) is 12.3. The molecular weight excluding hydrogens is 334 g/mol. The molecule has 3 rings (SSSR count). The number of carbonyl (C=O) groups excluding carboxylic acids is 3. The zero-order valence-electron chi connectivity index (χ0n) is 15.4. The zero-order chi connectivity index (χ0) is 18.9. The van der Waals surface area contributed by atoms with Crippen LogP contribution in [0, 0.1) is 6.92 Å². The summed E-state index contributed by atoms with van der Waals surface area (Å²) in [4.78, 5) is 38.7. The fourth-order valence-electron chi connectivity index (χ4n) is 3.61. The maximum absolute atomic E-state index is 12.5. The largest absolute Gasteiger partial charge is 0.464 e. The van der Waals surface area contributed by atoms with Gasteiger partial charge in [0.15, 0.2) is 0 Å². The molecule has 2 heterocycles. The highest BCUT2D eigenvalue weighted by Crippen LogP contribution is 2.32. The number of carbonyl (C=O) groups is 3. The van der Waals surface area contributed by atoms with Crippen molar-refractivity contribution in [1.82, 2.24) is 10.2 Å². The van der Waals surface area contributed by atoms with Gasteiger partial charge in [-0.15, -0.1) is 0 Å². The van der Waals surface area contributed by atoms with Crippen molar-refractivity contribution >= 4 is 23.5 Å². The summed E-state index contributed by atoms with van der Waals surface area (Å²) >= 11 is 0. The van der Waals surface area contributed by atoms with Crippen LogP contribution >= 0.6 is 0 Å². The maximum atomic E-state index is 12.5. The van der Waals surface area contributed by atoms with Crippen LogP contribution in [0.2, 0.25) is 0 Å². The summed E-state index contributed by atoms with van der Waals surface area (Å²) in [7, 11) is 0. The van der Waals surface area contributed by atoms with E-state index in [1.165, 1.54) is 0 Å². The molecule has 140 valence electrons. The lowest BCUT2D eigenvalue weighted by molar-refractivity contribution is -0.153. The van der Waals surface area contributed by atoms with E-state index in [-0.39, 0.29) is 24.8 Å². The number of nitrogens with zero attached hydrogens (tertiary/aromatic N) is 1. The van der Waals surface area contributed by atoms with Crippen molar-refractivity contribution in [3.63, 3.8) is 0 Å². The predicted molar refractivity (Wildman–Crippen MR) is 96.7 cm³/mol. The molecule has 1 fully saturated rings. The smallest absolute Gasteiger partial charge is 0.328 e. The minimum Gasteiger partial charge on any atom is -0.464 e. The summed E-state index contributed by atoms with van der Waals surface area (Å²) in [5, 5.41) is 6.47. The first kappa shape index (κ1) is 18.2. The number of anilines is 1. The van der Waals surface area contributed by atoms with Gasteiger partial charge in [0.2, 0.25) is 5.91 Å². The molecule has 1 aromatic rings.